The average Bonchev–Trinajstić information content (AvgIpc) is 1.90. The number of aliphatic hydroxyl groups excluding tert-OH is 1. The number of aliphatic hydroxyl groups is 2. The zero-order chi connectivity index (χ0) is 6.69. The smallest absolute Gasteiger partial charge is 0.179 e. The Bertz CT molecular complexity index is 174. The molecule has 1 rings (SSSR count). The minimum Gasteiger partial charge on any atom is -0.364 e. The molecule has 0 amide bonds. The van der Waals surface area contributed by atoms with E-state index in [1.807, 2.05) is 0 Å². The molecule has 1 aromatic heterocycles. The van der Waals surface area contributed by atoms with E-state index in [0.717, 1.165) is 0 Å². The predicted octanol–water partition coefficient (Wildman–Crippen LogP) is 0.0648. The number of rotatable bonds is 1. The van der Waals surface area contributed by atoms with Gasteiger partial charge in [0.25, 0.3) is 0 Å². The summed E-state index contributed by atoms with van der Waals surface area (Å²) in [6.07, 6.45) is 1.58. The van der Waals surface area contributed by atoms with Crippen LogP contribution in [0.25, 0.3) is 0 Å². The number of hydrogen-bond donors (Lipinski definition) is 2. The molecule has 0 atom stereocenters. The maximum Gasteiger partial charge on any atom is 0.179 e. The van der Waals surface area contributed by atoms with E-state index in [1.54, 1.807) is 18.3 Å². The van der Waals surface area contributed by atoms with E-state index in [9.17, 15) is 0 Å². The quantitative estimate of drug-likeness (QED) is 0.522. The normalized spacial score (nSPS) is 10.1. The van der Waals surface area contributed by atoms with Crippen LogP contribution < -0.4 is 0 Å². The molecule has 0 aliphatic rings. The van der Waals surface area contributed by atoms with Crippen LogP contribution in [0, 0.1) is 0 Å². The molecule has 3 heteroatoms. The lowest BCUT2D eigenvalue weighted by Gasteiger charge is -1.99. The van der Waals surface area contributed by atoms with Crippen LogP contribution in [0.5, 0.6) is 0 Å². The predicted molar refractivity (Wildman–Crippen MR) is 31.4 cm³/mol. The monoisotopic (exact) mass is 125 g/mol. The number of aromatic nitrogens is 1. The minimum atomic E-state index is -1.40. The second-order valence-electron chi connectivity index (χ2n) is 1.66. The van der Waals surface area contributed by atoms with Crippen molar-refractivity contribution in [2.75, 3.05) is 0 Å². The van der Waals surface area contributed by atoms with Crippen molar-refractivity contribution in [1.29, 1.82) is 0 Å². The molecule has 48 valence electrons. The Hall–Kier alpha value is -0.930. The van der Waals surface area contributed by atoms with Gasteiger partial charge in [-0.1, -0.05) is 6.07 Å². The molecule has 0 aliphatic heterocycles. The molecule has 0 radical (unpaired) electrons. The van der Waals surface area contributed by atoms with Crippen LogP contribution in [0.2, 0.25) is 0 Å². The highest BCUT2D eigenvalue weighted by atomic mass is 16.5. The molecule has 0 fully saturated rings. The standard InChI is InChI=1S/C6H7NO2/c8-6(9)5-2-1-3-7-4-5/h1-4,6,8-9H. The summed E-state index contributed by atoms with van der Waals surface area (Å²) in [7, 11) is 0. The number of nitrogens with zero attached hydrogens (tertiary/aromatic N) is 1. The van der Waals surface area contributed by atoms with E-state index < -0.39 is 6.29 Å². The van der Waals surface area contributed by atoms with Crippen molar-refractivity contribution in [3.05, 3.63) is 30.1 Å². The van der Waals surface area contributed by atoms with Gasteiger partial charge in [-0.25, -0.2) is 0 Å². The molecule has 0 spiro atoms. The van der Waals surface area contributed by atoms with Crippen molar-refractivity contribution >= 4 is 0 Å². The molecule has 9 heavy (non-hydrogen) atoms. The zero-order valence-corrected chi connectivity index (χ0v) is 4.73. The van der Waals surface area contributed by atoms with Gasteiger partial charge in [0.15, 0.2) is 6.29 Å². The fourth-order valence-electron chi connectivity index (χ4n) is 0.529. The summed E-state index contributed by atoms with van der Waals surface area (Å²) in [6, 6.07) is 3.24. The Morgan fingerprint density at radius 3 is 2.56 bits per heavy atom. The van der Waals surface area contributed by atoms with Crippen LogP contribution in [-0.4, -0.2) is 15.2 Å². The highest BCUT2D eigenvalue weighted by Gasteiger charge is 1.98. The van der Waals surface area contributed by atoms with E-state index in [-0.39, 0.29) is 0 Å². The van der Waals surface area contributed by atoms with Crippen molar-refractivity contribution in [3.8, 4) is 0 Å². The lowest BCUT2D eigenvalue weighted by molar-refractivity contribution is -0.0427. The van der Waals surface area contributed by atoms with Gasteiger partial charge < -0.3 is 10.2 Å². The first kappa shape index (κ1) is 6.19. The largest absolute Gasteiger partial charge is 0.364 e. The molecule has 0 aliphatic carbocycles. The average molecular weight is 125 g/mol. The van der Waals surface area contributed by atoms with Gasteiger partial charge in [-0.3, -0.25) is 4.98 Å². The maximum atomic E-state index is 8.54. The van der Waals surface area contributed by atoms with Gasteiger partial charge in [0.05, 0.1) is 0 Å². The van der Waals surface area contributed by atoms with E-state index in [2.05, 4.69) is 4.98 Å². The molecule has 3 nitrogen and oxygen atoms in total. The molecule has 2 N–H and O–H groups in total. The van der Waals surface area contributed by atoms with Crippen molar-refractivity contribution in [2.45, 2.75) is 6.29 Å². The summed E-state index contributed by atoms with van der Waals surface area (Å²) >= 11 is 0. The van der Waals surface area contributed by atoms with E-state index in [4.69, 9.17) is 10.2 Å². The highest BCUT2D eigenvalue weighted by Crippen LogP contribution is 2.04. The molecule has 0 saturated carbocycles. The fraction of sp³-hybridized carbons (Fsp3) is 0.167. The van der Waals surface area contributed by atoms with Crippen molar-refractivity contribution in [3.63, 3.8) is 0 Å². The van der Waals surface area contributed by atoms with Gasteiger partial charge in [-0.15, -0.1) is 0 Å². The molecule has 0 aromatic carbocycles. The Morgan fingerprint density at radius 1 is 1.44 bits per heavy atom. The lowest BCUT2D eigenvalue weighted by Crippen LogP contribution is -1.93. The highest BCUT2D eigenvalue weighted by molar-refractivity contribution is 5.08. The Balaban J connectivity index is 2.85. The number of hydrogen-bond acceptors (Lipinski definition) is 3. The first-order valence-corrected chi connectivity index (χ1v) is 2.57. The molecular formula is C6H7NO2. The van der Waals surface area contributed by atoms with Gasteiger partial charge in [0.1, 0.15) is 0 Å². The summed E-state index contributed by atoms with van der Waals surface area (Å²) in [5, 5.41) is 17.1. The third-order valence-corrected chi connectivity index (χ3v) is 0.983. The second-order valence-corrected chi connectivity index (χ2v) is 1.66. The van der Waals surface area contributed by atoms with Crippen molar-refractivity contribution in [2.24, 2.45) is 0 Å². The minimum absolute atomic E-state index is 0.414. The number of pyridine rings is 1. The summed E-state index contributed by atoms with van der Waals surface area (Å²) in [5.74, 6) is 0. The van der Waals surface area contributed by atoms with Crippen LogP contribution in [-0.2, 0) is 0 Å². The summed E-state index contributed by atoms with van der Waals surface area (Å²) < 4.78 is 0. The van der Waals surface area contributed by atoms with Crippen LogP contribution in [0.3, 0.4) is 0 Å². The zero-order valence-electron chi connectivity index (χ0n) is 4.73. The van der Waals surface area contributed by atoms with Gasteiger partial charge in [-0.05, 0) is 6.07 Å². The van der Waals surface area contributed by atoms with E-state index in [0.29, 0.717) is 5.56 Å². The molecule has 1 heterocycles. The summed E-state index contributed by atoms with van der Waals surface area (Å²) in [4.78, 5) is 3.69. The molecule has 1 aromatic rings. The maximum absolute atomic E-state index is 8.54. The van der Waals surface area contributed by atoms with Gasteiger partial charge in [0, 0.05) is 18.0 Å². The SMILES string of the molecule is OC(O)c1cccnc1. The fourth-order valence-corrected chi connectivity index (χ4v) is 0.529. The third kappa shape index (κ3) is 1.48. The van der Waals surface area contributed by atoms with E-state index in [1.165, 1.54) is 6.20 Å². The second kappa shape index (κ2) is 2.57. The molecular weight excluding hydrogens is 118 g/mol. The topological polar surface area (TPSA) is 53.4 Å². The van der Waals surface area contributed by atoms with Gasteiger partial charge in [-0.2, -0.15) is 0 Å². The van der Waals surface area contributed by atoms with E-state index >= 15 is 0 Å². The first-order valence-electron chi connectivity index (χ1n) is 2.57. The third-order valence-electron chi connectivity index (χ3n) is 0.983. The van der Waals surface area contributed by atoms with Crippen molar-refractivity contribution in [1.82, 2.24) is 4.98 Å². The lowest BCUT2D eigenvalue weighted by atomic mass is 10.3. The molecule has 0 bridgehead atoms. The van der Waals surface area contributed by atoms with Crippen LogP contribution in [0.1, 0.15) is 11.9 Å². The van der Waals surface area contributed by atoms with Crippen LogP contribution in [0.15, 0.2) is 24.5 Å². The molecule has 0 unspecified atom stereocenters. The summed E-state index contributed by atoms with van der Waals surface area (Å²) in [5.41, 5.74) is 0.414. The molecule has 0 saturated heterocycles. The van der Waals surface area contributed by atoms with Gasteiger partial charge >= 0.3 is 0 Å². The first-order chi connectivity index (χ1) is 4.30. The summed E-state index contributed by atoms with van der Waals surface area (Å²) in [6.45, 7) is 0. The van der Waals surface area contributed by atoms with Gasteiger partial charge in [0.2, 0.25) is 0 Å². The Kier molecular flexibility index (Phi) is 1.77. The van der Waals surface area contributed by atoms with Crippen molar-refractivity contribution < 1.29 is 10.2 Å². The Labute approximate surface area is 52.6 Å². The van der Waals surface area contributed by atoms with Crippen LogP contribution in [0.4, 0.5) is 0 Å². The van der Waals surface area contributed by atoms with Crippen LogP contribution >= 0.6 is 0 Å². The Morgan fingerprint density at radius 2 is 2.22 bits per heavy atom.